The van der Waals surface area contributed by atoms with Crippen LogP contribution in [-0.4, -0.2) is 17.5 Å². The molecule has 3 rings (SSSR count). The summed E-state index contributed by atoms with van der Waals surface area (Å²) in [5.41, 5.74) is 3.37. The average molecular weight is 490 g/mol. The van der Waals surface area contributed by atoms with Crippen LogP contribution < -0.4 is 15.5 Å². The molecule has 2 amide bonds. The molecule has 0 saturated heterocycles. The Hall–Kier alpha value is -3.85. The second-order valence-corrected chi connectivity index (χ2v) is 7.54. The van der Waals surface area contributed by atoms with Crippen LogP contribution in [0.1, 0.15) is 23.6 Å². The molecule has 3 aromatic rings. The predicted molar refractivity (Wildman–Crippen MR) is 123 cm³/mol. The van der Waals surface area contributed by atoms with Crippen LogP contribution in [0.4, 0.5) is 18.9 Å². The minimum atomic E-state index is -4.49. The summed E-state index contributed by atoms with van der Waals surface area (Å²) in [5, 5.41) is 6.74. The van der Waals surface area contributed by atoms with Gasteiger partial charge in [0.1, 0.15) is 12.4 Å². The van der Waals surface area contributed by atoms with Crippen molar-refractivity contribution in [3.63, 3.8) is 0 Å². The molecule has 0 spiro atoms. The number of carbonyl (C=O) groups excluding carboxylic acids is 2. The number of hydrogen-bond acceptors (Lipinski definition) is 4. The highest BCUT2D eigenvalue weighted by atomic mass is 35.5. The third kappa shape index (κ3) is 7.08. The molecule has 0 aromatic heterocycles. The molecule has 0 saturated carbocycles. The second kappa shape index (κ2) is 10.8. The lowest BCUT2D eigenvalue weighted by Crippen LogP contribution is -2.32. The van der Waals surface area contributed by atoms with E-state index in [9.17, 15) is 22.8 Å². The first-order valence-corrected chi connectivity index (χ1v) is 10.3. The Bertz CT molecular complexity index is 1180. The van der Waals surface area contributed by atoms with Gasteiger partial charge in [-0.1, -0.05) is 23.7 Å². The summed E-state index contributed by atoms with van der Waals surface area (Å²) in [6.07, 6.45) is -4.49. The number of anilines is 1. The van der Waals surface area contributed by atoms with Gasteiger partial charge in [-0.05, 0) is 78.7 Å². The topological polar surface area (TPSA) is 79.8 Å². The molecule has 0 aliphatic carbocycles. The lowest BCUT2D eigenvalue weighted by Gasteiger charge is -2.09. The SMILES string of the molecule is C/C(=N\NC(=O)C(=O)Nc1ccc(C(F)(F)F)cc1)c1ccc(OCc2ccc(Cl)cc2)cc1. The van der Waals surface area contributed by atoms with E-state index in [2.05, 4.69) is 15.8 Å². The molecule has 0 fully saturated rings. The van der Waals surface area contributed by atoms with Gasteiger partial charge in [0.25, 0.3) is 0 Å². The Morgan fingerprint density at radius 1 is 0.912 bits per heavy atom. The zero-order chi connectivity index (χ0) is 24.7. The molecule has 10 heteroatoms. The largest absolute Gasteiger partial charge is 0.489 e. The first kappa shape index (κ1) is 24.8. The molecule has 0 aliphatic rings. The monoisotopic (exact) mass is 489 g/mol. The van der Waals surface area contributed by atoms with Crippen LogP contribution >= 0.6 is 11.6 Å². The zero-order valence-electron chi connectivity index (χ0n) is 17.8. The van der Waals surface area contributed by atoms with Gasteiger partial charge >= 0.3 is 18.0 Å². The van der Waals surface area contributed by atoms with Crippen LogP contribution in [0.2, 0.25) is 5.02 Å². The minimum absolute atomic E-state index is 0.0445. The van der Waals surface area contributed by atoms with Gasteiger partial charge in [0, 0.05) is 10.7 Å². The molecular formula is C24H19ClF3N3O3. The van der Waals surface area contributed by atoms with E-state index < -0.39 is 23.6 Å². The highest BCUT2D eigenvalue weighted by Crippen LogP contribution is 2.29. The van der Waals surface area contributed by atoms with Gasteiger partial charge in [-0.25, -0.2) is 5.43 Å². The van der Waals surface area contributed by atoms with Crippen molar-refractivity contribution >= 4 is 34.8 Å². The fourth-order valence-corrected chi connectivity index (χ4v) is 2.85. The summed E-state index contributed by atoms with van der Waals surface area (Å²) < 4.78 is 43.5. The Kier molecular flexibility index (Phi) is 7.91. The predicted octanol–water partition coefficient (Wildman–Crippen LogP) is 5.42. The molecule has 0 radical (unpaired) electrons. The number of hydrazone groups is 1. The van der Waals surface area contributed by atoms with Gasteiger partial charge < -0.3 is 10.1 Å². The lowest BCUT2D eigenvalue weighted by atomic mass is 10.1. The van der Waals surface area contributed by atoms with Crippen molar-refractivity contribution in [1.82, 2.24) is 5.43 Å². The number of rotatable bonds is 6. The molecule has 0 bridgehead atoms. The van der Waals surface area contributed by atoms with Crippen LogP contribution in [0.3, 0.4) is 0 Å². The number of nitrogens with zero attached hydrogens (tertiary/aromatic N) is 1. The Labute approximate surface area is 198 Å². The zero-order valence-corrected chi connectivity index (χ0v) is 18.6. The molecule has 0 atom stereocenters. The first-order chi connectivity index (χ1) is 16.1. The van der Waals surface area contributed by atoms with Crippen molar-refractivity contribution in [3.8, 4) is 5.75 Å². The molecule has 2 N–H and O–H groups in total. The fraction of sp³-hybridized carbons (Fsp3) is 0.125. The summed E-state index contributed by atoms with van der Waals surface area (Å²) in [6, 6.07) is 18.0. The summed E-state index contributed by atoms with van der Waals surface area (Å²) >= 11 is 5.86. The van der Waals surface area contributed by atoms with E-state index in [0.717, 1.165) is 29.8 Å². The van der Waals surface area contributed by atoms with Crippen LogP contribution in [0.25, 0.3) is 0 Å². The van der Waals surface area contributed by atoms with Gasteiger partial charge in [0.15, 0.2) is 0 Å². The smallest absolute Gasteiger partial charge is 0.416 e. The summed E-state index contributed by atoms with van der Waals surface area (Å²) in [7, 11) is 0. The third-order valence-corrected chi connectivity index (χ3v) is 4.84. The number of ether oxygens (including phenoxy) is 1. The van der Waals surface area contributed by atoms with Crippen molar-refractivity contribution in [1.29, 1.82) is 0 Å². The quantitative estimate of drug-likeness (QED) is 0.276. The summed E-state index contributed by atoms with van der Waals surface area (Å²) in [4.78, 5) is 23.9. The van der Waals surface area contributed by atoms with Crippen molar-refractivity contribution < 1.29 is 27.5 Å². The van der Waals surface area contributed by atoms with E-state index in [4.69, 9.17) is 16.3 Å². The number of amides is 2. The highest BCUT2D eigenvalue weighted by molar-refractivity contribution is 6.39. The van der Waals surface area contributed by atoms with Crippen molar-refractivity contribution in [2.24, 2.45) is 5.10 Å². The van der Waals surface area contributed by atoms with Crippen molar-refractivity contribution in [2.75, 3.05) is 5.32 Å². The van der Waals surface area contributed by atoms with Crippen LogP contribution in [0.15, 0.2) is 77.9 Å². The van der Waals surface area contributed by atoms with E-state index >= 15 is 0 Å². The maximum atomic E-state index is 12.6. The fourth-order valence-electron chi connectivity index (χ4n) is 2.72. The van der Waals surface area contributed by atoms with Crippen molar-refractivity contribution in [2.45, 2.75) is 19.7 Å². The molecular weight excluding hydrogens is 471 g/mol. The van der Waals surface area contributed by atoms with Gasteiger partial charge in [0.2, 0.25) is 0 Å². The maximum absolute atomic E-state index is 12.6. The van der Waals surface area contributed by atoms with E-state index in [-0.39, 0.29) is 5.69 Å². The normalized spacial score (nSPS) is 11.6. The number of alkyl halides is 3. The lowest BCUT2D eigenvalue weighted by molar-refractivity contribution is -0.137. The third-order valence-electron chi connectivity index (χ3n) is 4.59. The number of carbonyl (C=O) groups is 2. The van der Waals surface area contributed by atoms with E-state index in [1.807, 2.05) is 12.1 Å². The van der Waals surface area contributed by atoms with E-state index in [1.165, 1.54) is 0 Å². The van der Waals surface area contributed by atoms with E-state index in [0.29, 0.717) is 28.7 Å². The van der Waals surface area contributed by atoms with Gasteiger partial charge in [-0.3, -0.25) is 9.59 Å². The number of hydrogen-bond donors (Lipinski definition) is 2. The molecule has 3 aromatic carbocycles. The molecule has 0 aliphatic heterocycles. The minimum Gasteiger partial charge on any atom is -0.489 e. The molecule has 0 unspecified atom stereocenters. The number of benzene rings is 3. The number of halogens is 4. The van der Waals surface area contributed by atoms with Crippen LogP contribution in [-0.2, 0) is 22.4 Å². The second-order valence-electron chi connectivity index (χ2n) is 7.11. The molecule has 176 valence electrons. The highest BCUT2D eigenvalue weighted by Gasteiger charge is 2.30. The van der Waals surface area contributed by atoms with Crippen molar-refractivity contribution in [3.05, 3.63) is 94.5 Å². The van der Waals surface area contributed by atoms with Gasteiger partial charge in [-0.15, -0.1) is 0 Å². The maximum Gasteiger partial charge on any atom is 0.416 e. The summed E-state index contributed by atoms with van der Waals surface area (Å²) in [5.74, 6) is -1.50. The van der Waals surface area contributed by atoms with E-state index in [1.54, 1.807) is 43.3 Å². The Morgan fingerprint density at radius 3 is 2.12 bits per heavy atom. The average Bonchev–Trinajstić information content (AvgIpc) is 2.82. The van der Waals surface area contributed by atoms with Crippen LogP contribution in [0.5, 0.6) is 5.75 Å². The Morgan fingerprint density at radius 2 is 1.53 bits per heavy atom. The molecule has 34 heavy (non-hydrogen) atoms. The standard InChI is InChI=1S/C24H19ClF3N3O3/c1-15(17-4-12-21(13-5-17)34-14-16-2-8-19(25)9-3-16)30-31-23(33)22(32)29-20-10-6-18(7-11-20)24(26,27)28/h2-13H,14H2,1H3,(H,29,32)(H,31,33)/b30-15+. The van der Waals surface area contributed by atoms with Gasteiger partial charge in [0.05, 0.1) is 11.3 Å². The van der Waals surface area contributed by atoms with Gasteiger partial charge in [-0.2, -0.15) is 18.3 Å². The van der Waals surface area contributed by atoms with Crippen LogP contribution in [0, 0.1) is 0 Å². The summed E-state index contributed by atoms with van der Waals surface area (Å²) in [6.45, 7) is 2.01. The first-order valence-electron chi connectivity index (χ1n) is 9.92. The molecule has 0 heterocycles. The number of nitrogens with one attached hydrogen (secondary N) is 2. The molecule has 6 nitrogen and oxygen atoms in total. The Balaban J connectivity index is 1.51.